The lowest BCUT2D eigenvalue weighted by Gasteiger charge is -2.16. The minimum Gasteiger partial charge on any atom is -0.385 e. The number of hydrogen-bond acceptors (Lipinski definition) is 4. The van der Waals surface area contributed by atoms with Crippen LogP contribution >= 0.6 is 0 Å². The number of rotatable bonds is 8. The van der Waals surface area contributed by atoms with Gasteiger partial charge >= 0.3 is 0 Å². The molecule has 0 saturated carbocycles. The fourth-order valence-electron chi connectivity index (χ4n) is 1.79. The molecule has 0 aromatic rings. The second kappa shape index (κ2) is 8.44. The van der Waals surface area contributed by atoms with Crippen LogP contribution in [0.3, 0.4) is 0 Å². The van der Waals surface area contributed by atoms with E-state index in [1.165, 1.54) is 0 Å². The van der Waals surface area contributed by atoms with Crippen LogP contribution in [0.5, 0.6) is 0 Å². The van der Waals surface area contributed by atoms with Crippen LogP contribution in [-0.4, -0.2) is 51.5 Å². The molecule has 5 heteroatoms. The lowest BCUT2D eigenvalue weighted by atomic mass is 10.2. The molecule has 1 saturated heterocycles. The average molecular weight is 244 g/mol. The molecule has 2 N–H and O–H groups in total. The highest BCUT2D eigenvalue weighted by atomic mass is 16.5. The zero-order valence-corrected chi connectivity index (χ0v) is 10.8. The number of methoxy groups -OCH3 is 1. The second-order valence-electron chi connectivity index (χ2n) is 4.40. The van der Waals surface area contributed by atoms with Crippen molar-refractivity contribution in [1.82, 2.24) is 10.6 Å². The van der Waals surface area contributed by atoms with Gasteiger partial charge in [0, 0.05) is 33.4 Å². The summed E-state index contributed by atoms with van der Waals surface area (Å²) in [6, 6.07) is -0.165. The number of amides is 1. The molecule has 0 aliphatic carbocycles. The summed E-state index contributed by atoms with van der Waals surface area (Å²) < 4.78 is 10.4. The SMILES string of the molecule is COCCCNC(=O)C(C)NCC1CCCO1. The number of hydrogen-bond donors (Lipinski definition) is 2. The van der Waals surface area contributed by atoms with Crippen LogP contribution < -0.4 is 10.6 Å². The Morgan fingerprint density at radius 2 is 2.41 bits per heavy atom. The van der Waals surface area contributed by atoms with Gasteiger partial charge in [0.1, 0.15) is 0 Å². The van der Waals surface area contributed by atoms with E-state index in [0.29, 0.717) is 13.2 Å². The molecule has 0 aromatic heterocycles. The molecule has 100 valence electrons. The molecule has 17 heavy (non-hydrogen) atoms. The highest BCUT2D eigenvalue weighted by molar-refractivity contribution is 5.81. The van der Waals surface area contributed by atoms with Crippen molar-refractivity contribution >= 4 is 5.91 Å². The smallest absolute Gasteiger partial charge is 0.236 e. The molecule has 1 aliphatic heterocycles. The minimum absolute atomic E-state index is 0.0408. The summed E-state index contributed by atoms with van der Waals surface area (Å²) >= 11 is 0. The van der Waals surface area contributed by atoms with Gasteiger partial charge in [0.05, 0.1) is 12.1 Å². The van der Waals surface area contributed by atoms with E-state index in [1.807, 2.05) is 6.92 Å². The molecule has 0 bridgehead atoms. The van der Waals surface area contributed by atoms with Crippen LogP contribution in [0.25, 0.3) is 0 Å². The Balaban J connectivity index is 2.04. The maximum absolute atomic E-state index is 11.7. The summed E-state index contributed by atoms with van der Waals surface area (Å²) in [5.74, 6) is 0.0408. The first-order valence-corrected chi connectivity index (χ1v) is 6.35. The van der Waals surface area contributed by atoms with E-state index in [2.05, 4.69) is 10.6 Å². The zero-order chi connectivity index (χ0) is 12.5. The van der Waals surface area contributed by atoms with Gasteiger partial charge in [-0.15, -0.1) is 0 Å². The van der Waals surface area contributed by atoms with Gasteiger partial charge in [0.2, 0.25) is 5.91 Å². The Hall–Kier alpha value is -0.650. The molecular weight excluding hydrogens is 220 g/mol. The van der Waals surface area contributed by atoms with Gasteiger partial charge in [-0.3, -0.25) is 4.79 Å². The van der Waals surface area contributed by atoms with Crippen molar-refractivity contribution in [3.05, 3.63) is 0 Å². The normalized spacial score (nSPS) is 21.4. The lowest BCUT2D eigenvalue weighted by Crippen LogP contribution is -2.45. The van der Waals surface area contributed by atoms with E-state index in [-0.39, 0.29) is 18.1 Å². The van der Waals surface area contributed by atoms with Crippen molar-refractivity contribution < 1.29 is 14.3 Å². The van der Waals surface area contributed by atoms with Gasteiger partial charge in [-0.2, -0.15) is 0 Å². The molecule has 2 unspecified atom stereocenters. The van der Waals surface area contributed by atoms with Gasteiger partial charge in [-0.05, 0) is 26.2 Å². The monoisotopic (exact) mass is 244 g/mol. The van der Waals surface area contributed by atoms with E-state index in [0.717, 1.165) is 32.4 Å². The summed E-state index contributed by atoms with van der Waals surface area (Å²) in [6.45, 7) is 4.83. The van der Waals surface area contributed by atoms with E-state index in [1.54, 1.807) is 7.11 Å². The van der Waals surface area contributed by atoms with E-state index in [9.17, 15) is 4.79 Å². The highest BCUT2D eigenvalue weighted by Crippen LogP contribution is 2.10. The van der Waals surface area contributed by atoms with Crippen molar-refractivity contribution in [3.63, 3.8) is 0 Å². The molecule has 2 atom stereocenters. The number of carbonyl (C=O) groups is 1. The van der Waals surface area contributed by atoms with Gasteiger partial charge in [-0.1, -0.05) is 0 Å². The third kappa shape index (κ3) is 6.00. The van der Waals surface area contributed by atoms with E-state index < -0.39 is 0 Å². The molecule has 0 aromatic carbocycles. The van der Waals surface area contributed by atoms with Crippen LogP contribution in [0, 0.1) is 0 Å². The van der Waals surface area contributed by atoms with Gasteiger partial charge in [0.15, 0.2) is 0 Å². The molecule has 0 radical (unpaired) electrons. The van der Waals surface area contributed by atoms with Crippen LogP contribution in [0.2, 0.25) is 0 Å². The molecule has 1 rings (SSSR count). The fourth-order valence-corrected chi connectivity index (χ4v) is 1.79. The summed E-state index contributed by atoms with van der Waals surface area (Å²) in [5, 5.41) is 6.07. The maximum Gasteiger partial charge on any atom is 0.236 e. The second-order valence-corrected chi connectivity index (χ2v) is 4.40. The number of ether oxygens (including phenoxy) is 2. The Kier molecular flexibility index (Phi) is 7.16. The summed E-state index contributed by atoms with van der Waals surface area (Å²) in [6.07, 6.45) is 3.35. The van der Waals surface area contributed by atoms with E-state index >= 15 is 0 Å². The van der Waals surface area contributed by atoms with Crippen LogP contribution in [0.4, 0.5) is 0 Å². The topological polar surface area (TPSA) is 59.6 Å². The lowest BCUT2D eigenvalue weighted by molar-refractivity contribution is -0.122. The van der Waals surface area contributed by atoms with Gasteiger partial charge in [-0.25, -0.2) is 0 Å². The van der Waals surface area contributed by atoms with Gasteiger partial charge in [0.25, 0.3) is 0 Å². The third-order valence-corrected chi connectivity index (χ3v) is 2.89. The Bertz CT molecular complexity index is 218. The quantitative estimate of drug-likeness (QED) is 0.603. The van der Waals surface area contributed by atoms with Gasteiger partial charge < -0.3 is 20.1 Å². The minimum atomic E-state index is -0.165. The molecule has 1 aliphatic rings. The Labute approximate surface area is 103 Å². The standard InChI is InChI=1S/C12H24N2O3/c1-10(12(15)13-6-4-7-16-2)14-9-11-5-3-8-17-11/h10-11,14H,3-9H2,1-2H3,(H,13,15). The first-order chi connectivity index (χ1) is 8.24. The maximum atomic E-state index is 11.7. The summed E-state index contributed by atoms with van der Waals surface area (Å²) in [4.78, 5) is 11.7. The first kappa shape index (κ1) is 14.4. The van der Waals surface area contributed by atoms with Crippen molar-refractivity contribution in [1.29, 1.82) is 0 Å². The Morgan fingerprint density at radius 1 is 1.59 bits per heavy atom. The molecule has 1 fully saturated rings. The molecule has 0 spiro atoms. The molecular formula is C12H24N2O3. The third-order valence-electron chi connectivity index (χ3n) is 2.89. The van der Waals surface area contributed by atoms with Crippen LogP contribution in [-0.2, 0) is 14.3 Å². The molecule has 1 amide bonds. The Morgan fingerprint density at radius 3 is 3.06 bits per heavy atom. The number of nitrogens with one attached hydrogen (secondary N) is 2. The first-order valence-electron chi connectivity index (χ1n) is 6.35. The van der Waals surface area contributed by atoms with Crippen molar-refractivity contribution in [3.8, 4) is 0 Å². The largest absolute Gasteiger partial charge is 0.385 e. The average Bonchev–Trinajstić information content (AvgIpc) is 2.84. The molecule has 5 nitrogen and oxygen atoms in total. The zero-order valence-electron chi connectivity index (χ0n) is 10.8. The van der Waals surface area contributed by atoms with Crippen LogP contribution in [0.15, 0.2) is 0 Å². The predicted molar refractivity (Wildman–Crippen MR) is 65.9 cm³/mol. The van der Waals surface area contributed by atoms with E-state index in [4.69, 9.17) is 9.47 Å². The van der Waals surface area contributed by atoms with Crippen molar-refractivity contribution in [2.75, 3.05) is 33.4 Å². The fraction of sp³-hybridized carbons (Fsp3) is 0.917. The summed E-state index contributed by atoms with van der Waals surface area (Å²) in [7, 11) is 1.66. The molecule has 1 heterocycles. The summed E-state index contributed by atoms with van der Waals surface area (Å²) in [5.41, 5.74) is 0. The van der Waals surface area contributed by atoms with Crippen molar-refractivity contribution in [2.24, 2.45) is 0 Å². The predicted octanol–water partition coefficient (Wildman–Crippen LogP) is 0.296. The van der Waals surface area contributed by atoms with Crippen LogP contribution in [0.1, 0.15) is 26.2 Å². The van der Waals surface area contributed by atoms with Crippen molar-refractivity contribution in [2.45, 2.75) is 38.3 Å². The highest BCUT2D eigenvalue weighted by Gasteiger charge is 2.18. The number of carbonyl (C=O) groups excluding carboxylic acids is 1.